The van der Waals surface area contributed by atoms with Crippen LogP contribution in [0.25, 0.3) is 6.08 Å². The molecule has 0 aromatic heterocycles. The Morgan fingerprint density at radius 3 is 2.58 bits per heavy atom. The normalized spacial score (nSPS) is 10.8. The number of amides is 1. The summed E-state index contributed by atoms with van der Waals surface area (Å²) in [5.41, 5.74) is 0.0853. The van der Waals surface area contributed by atoms with Crippen molar-refractivity contribution >= 4 is 45.9 Å². The van der Waals surface area contributed by atoms with E-state index < -0.39 is 22.3 Å². The third-order valence-electron chi connectivity index (χ3n) is 2.97. The standard InChI is InChI=1S/C16H10IN3O4/c17-13-7-10(8-14(15(13)21)20(23)24)6-11(9-18)16(22)19-12-4-2-1-3-5-12/h1-8,21H,(H,19,22)/b11-6-. The number of para-hydroxylation sites is 1. The van der Waals surface area contributed by atoms with Crippen LogP contribution in [0.3, 0.4) is 0 Å². The zero-order valence-electron chi connectivity index (χ0n) is 12.1. The average Bonchev–Trinajstić information content (AvgIpc) is 2.56. The second-order valence-corrected chi connectivity index (χ2v) is 5.78. The van der Waals surface area contributed by atoms with Crippen LogP contribution in [0.5, 0.6) is 5.75 Å². The second-order valence-electron chi connectivity index (χ2n) is 4.62. The number of benzene rings is 2. The number of nitriles is 1. The van der Waals surface area contributed by atoms with Gasteiger partial charge in [0.15, 0.2) is 0 Å². The molecular formula is C16H10IN3O4. The number of hydrogen-bond acceptors (Lipinski definition) is 5. The average molecular weight is 435 g/mol. The minimum atomic E-state index is -0.731. The third kappa shape index (κ3) is 4.08. The number of carbonyl (C=O) groups excluding carboxylic acids is 1. The number of nitro benzene ring substituents is 1. The van der Waals surface area contributed by atoms with Gasteiger partial charge in [0.2, 0.25) is 5.75 Å². The van der Waals surface area contributed by atoms with Gasteiger partial charge in [0.25, 0.3) is 5.91 Å². The molecule has 0 unspecified atom stereocenters. The number of halogens is 1. The Balaban J connectivity index is 2.35. The smallest absolute Gasteiger partial charge is 0.312 e. The van der Waals surface area contributed by atoms with Gasteiger partial charge in [-0.25, -0.2) is 0 Å². The summed E-state index contributed by atoms with van der Waals surface area (Å²) in [5, 5.41) is 32.3. The van der Waals surface area contributed by atoms with Gasteiger partial charge in [-0.3, -0.25) is 14.9 Å². The Morgan fingerprint density at radius 2 is 2.00 bits per heavy atom. The van der Waals surface area contributed by atoms with E-state index in [2.05, 4.69) is 5.32 Å². The monoisotopic (exact) mass is 435 g/mol. The van der Waals surface area contributed by atoms with Gasteiger partial charge in [0.05, 0.1) is 8.49 Å². The van der Waals surface area contributed by atoms with Crippen LogP contribution < -0.4 is 5.32 Å². The van der Waals surface area contributed by atoms with Crippen molar-refractivity contribution in [1.82, 2.24) is 0 Å². The van der Waals surface area contributed by atoms with Crippen LogP contribution in [0, 0.1) is 25.0 Å². The van der Waals surface area contributed by atoms with Gasteiger partial charge < -0.3 is 10.4 Å². The summed E-state index contributed by atoms with van der Waals surface area (Å²) < 4.78 is 0.244. The fourth-order valence-corrected chi connectivity index (χ4v) is 2.50. The fourth-order valence-electron chi connectivity index (χ4n) is 1.86. The van der Waals surface area contributed by atoms with Crippen molar-refractivity contribution in [1.29, 1.82) is 5.26 Å². The molecule has 0 fully saturated rings. The molecule has 0 aliphatic heterocycles. The number of nitrogens with one attached hydrogen (secondary N) is 1. The number of rotatable bonds is 4. The molecule has 120 valence electrons. The molecule has 0 atom stereocenters. The predicted octanol–water partition coefficient (Wildman–Crippen LogP) is 3.45. The van der Waals surface area contributed by atoms with E-state index in [-0.39, 0.29) is 14.7 Å². The lowest BCUT2D eigenvalue weighted by Crippen LogP contribution is -2.13. The van der Waals surface area contributed by atoms with Crippen molar-refractivity contribution in [3.63, 3.8) is 0 Å². The number of anilines is 1. The molecule has 0 heterocycles. The van der Waals surface area contributed by atoms with Crippen molar-refractivity contribution in [3.05, 3.63) is 67.3 Å². The fraction of sp³-hybridized carbons (Fsp3) is 0. The Hall–Kier alpha value is -2.93. The first-order chi connectivity index (χ1) is 11.4. The molecular weight excluding hydrogens is 425 g/mol. The molecule has 8 heteroatoms. The van der Waals surface area contributed by atoms with Crippen molar-refractivity contribution in [2.24, 2.45) is 0 Å². The highest BCUT2D eigenvalue weighted by atomic mass is 127. The number of phenolic OH excluding ortho intramolecular Hbond substituents is 1. The summed E-state index contributed by atoms with van der Waals surface area (Å²) in [6.45, 7) is 0. The van der Waals surface area contributed by atoms with Crippen molar-refractivity contribution in [2.45, 2.75) is 0 Å². The molecule has 0 radical (unpaired) electrons. The lowest BCUT2D eigenvalue weighted by molar-refractivity contribution is -0.386. The number of nitro groups is 1. The first kappa shape index (κ1) is 17.4. The summed E-state index contributed by atoms with van der Waals surface area (Å²) in [6.07, 6.45) is 1.23. The van der Waals surface area contributed by atoms with Gasteiger partial charge in [-0.05, 0) is 52.4 Å². The maximum atomic E-state index is 12.1. The first-order valence-corrected chi connectivity index (χ1v) is 7.65. The van der Waals surface area contributed by atoms with Crippen molar-refractivity contribution in [2.75, 3.05) is 5.32 Å². The SMILES string of the molecule is N#C/C(=C/c1cc(I)c(O)c([N+](=O)[O-])c1)C(=O)Nc1ccccc1. The minimum absolute atomic E-state index is 0.213. The van der Waals surface area contributed by atoms with E-state index in [0.29, 0.717) is 5.69 Å². The van der Waals surface area contributed by atoms with Crippen molar-refractivity contribution in [3.8, 4) is 11.8 Å². The van der Waals surface area contributed by atoms with Crippen LogP contribution in [0.1, 0.15) is 5.56 Å². The van der Waals surface area contributed by atoms with E-state index >= 15 is 0 Å². The molecule has 0 aliphatic carbocycles. The molecule has 0 spiro atoms. The highest BCUT2D eigenvalue weighted by Gasteiger charge is 2.18. The van der Waals surface area contributed by atoms with E-state index in [9.17, 15) is 25.3 Å². The topological polar surface area (TPSA) is 116 Å². The maximum absolute atomic E-state index is 12.1. The van der Waals surface area contributed by atoms with Gasteiger partial charge in [-0.15, -0.1) is 0 Å². The summed E-state index contributed by atoms with van der Waals surface area (Å²) in [5.74, 6) is -1.08. The molecule has 7 nitrogen and oxygen atoms in total. The molecule has 0 bridgehead atoms. The molecule has 2 N–H and O–H groups in total. The van der Waals surface area contributed by atoms with E-state index in [1.165, 1.54) is 12.1 Å². The molecule has 0 saturated carbocycles. The highest BCUT2D eigenvalue weighted by Crippen LogP contribution is 2.33. The molecule has 0 aliphatic rings. The van der Waals surface area contributed by atoms with Gasteiger partial charge >= 0.3 is 5.69 Å². The lowest BCUT2D eigenvalue weighted by Gasteiger charge is -2.05. The molecule has 2 rings (SSSR count). The van der Waals surface area contributed by atoms with Crippen LogP contribution in [0.2, 0.25) is 0 Å². The number of hydrogen-bond donors (Lipinski definition) is 2. The molecule has 1 amide bonds. The number of nitrogens with zero attached hydrogens (tertiary/aromatic N) is 2. The highest BCUT2D eigenvalue weighted by molar-refractivity contribution is 14.1. The Labute approximate surface area is 150 Å². The zero-order valence-corrected chi connectivity index (χ0v) is 14.2. The second kappa shape index (κ2) is 7.56. The zero-order chi connectivity index (χ0) is 17.7. The number of phenols is 1. The molecule has 0 saturated heterocycles. The number of carbonyl (C=O) groups is 1. The Bertz CT molecular complexity index is 873. The van der Waals surface area contributed by atoms with Gasteiger partial charge in [-0.1, -0.05) is 18.2 Å². The summed E-state index contributed by atoms with van der Waals surface area (Å²) in [6, 6.07) is 12.9. The Kier molecular flexibility index (Phi) is 5.49. The maximum Gasteiger partial charge on any atom is 0.312 e. The first-order valence-electron chi connectivity index (χ1n) is 6.57. The van der Waals surface area contributed by atoms with E-state index in [1.807, 2.05) is 0 Å². The van der Waals surface area contributed by atoms with Crippen LogP contribution in [0.15, 0.2) is 48.0 Å². The summed E-state index contributed by atoms with van der Waals surface area (Å²) in [7, 11) is 0. The summed E-state index contributed by atoms with van der Waals surface area (Å²) in [4.78, 5) is 22.3. The molecule has 2 aromatic carbocycles. The van der Waals surface area contributed by atoms with Gasteiger partial charge in [0.1, 0.15) is 11.6 Å². The van der Waals surface area contributed by atoms with E-state index in [4.69, 9.17) is 0 Å². The van der Waals surface area contributed by atoms with Crippen LogP contribution >= 0.6 is 22.6 Å². The quantitative estimate of drug-likeness (QED) is 0.251. The number of aromatic hydroxyl groups is 1. The van der Waals surface area contributed by atoms with E-state index in [0.717, 1.165) is 6.07 Å². The van der Waals surface area contributed by atoms with Gasteiger partial charge in [0, 0.05) is 11.8 Å². The molecule has 2 aromatic rings. The largest absolute Gasteiger partial charge is 0.501 e. The minimum Gasteiger partial charge on any atom is -0.501 e. The van der Waals surface area contributed by atoms with E-state index in [1.54, 1.807) is 59.0 Å². The third-order valence-corrected chi connectivity index (χ3v) is 3.79. The molecule has 24 heavy (non-hydrogen) atoms. The van der Waals surface area contributed by atoms with Crippen LogP contribution in [-0.2, 0) is 4.79 Å². The predicted molar refractivity (Wildman–Crippen MR) is 96.1 cm³/mol. The van der Waals surface area contributed by atoms with Gasteiger partial charge in [-0.2, -0.15) is 5.26 Å². The Morgan fingerprint density at radius 1 is 1.33 bits per heavy atom. The van der Waals surface area contributed by atoms with Crippen LogP contribution in [0.4, 0.5) is 11.4 Å². The lowest BCUT2D eigenvalue weighted by atomic mass is 10.1. The summed E-state index contributed by atoms with van der Waals surface area (Å²) >= 11 is 1.74. The van der Waals surface area contributed by atoms with Crippen molar-refractivity contribution < 1.29 is 14.8 Å². The van der Waals surface area contributed by atoms with Crippen LogP contribution in [-0.4, -0.2) is 15.9 Å².